The number of Topliss-reactive ketones (excluding diaryl/α,β-unsaturated/α-hetero) is 1. The summed E-state index contributed by atoms with van der Waals surface area (Å²) in [6.45, 7) is 4.85. The van der Waals surface area contributed by atoms with Gasteiger partial charge in [0.15, 0.2) is 0 Å². The second-order valence-electron chi connectivity index (χ2n) is 8.92. The van der Waals surface area contributed by atoms with Gasteiger partial charge in [-0.25, -0.2) is 4.79 Å². The summed E-state index contributed by atoms with van der Waals surface area (Å²) in [5.41, 5.74) is 2.06. The Hall–Kier alpha value is -4.46. The number of esters is 1. The average Bonchev–Trinajstić information content (AvgIpc) is 3.20. The van der Waals surface area contributed by atoms with Crippen LogP contribution in [0.3, 0.4) is 0 Å². The summed E-state index contributed by atoms with van der Waals surface area (Å²) < 4.78 is 10.8. The van der Waals surface area contributed by atoms with Crippen LogP contribution in [0.4, 0.5) is 0 Å². The molecule has 8 heteroatoms. The lowest BCUT2D eigenvalue weighted by atomic mass is 9.96. The Kier molecular flexibility index (Phi) is 8.53. The molecule has 38 heavy (non-hydrogen) atoms. The summed E-state index contributed by atoms with van der Waals surface area (Å²) in [5.74, 6) is -1.66. The van der Waals surface area contributed by atoms with E-state index in [2.05, 4.69) is 4.98 Å². The molecule has 8 nitrogen and oxygen atoms in total. The van der Waals surface area contributed by atoms with E-state index in [9.17, 15) is 19.5 Å². The molecule has 0 saturated carbocycles. The number of likely N-dealkylation sites (tertiary alicyclic amines) is 1. The molecule has 1 amide bonds. The second kappa shape index (κ2) is 12.2. The number of carbonyl (C=O) groups excluding carboxylic acids is 3. The summed E-state index contributed by atoms with van der Waals surface area (Å²) >= 11 is 0. The summed E-state index contributed by atoms with van der Waals surface area (Å²) in [6, 6.07) is 16.1. The topological polar surface area (TPSA) is 106 Å². The van der Waals surface area contributed by atoms with Crippen molar-refractivity contribution in [3.05, 3.63) is 101 Å². The van der Waals surface area contributed by atoms with Gasteiger partial charge in [0.1, 0.15) is 11.5 Å². The molecular formula is C30H30N2O6. The van der Waals surface area contributed by atoms with E-state index >= 15 is 0 Å². The number of hydrogen-bond donors (Lipinski definition) is 1. The van der Waals surface area contributed by atoms with E-state index in [-0.39, 0.29) is 17.9 Å². The zero-order valence-corrected chi connectivity index (χ0v) is 21.4. The van der Waals surface area contributed by atoms with Crippen LogP contribution in [0.2, 0.25) is 0 Å². The number of pyridine rings is 1. The zero-order chi connectivity index (χ0) is 27.1. The minimum atomic E-state index is -0.849. The fourth-order valence-electron chi connectivity index (χ4n) is 4.26. The van der Waals surface area contributed by atoms with Crippen LogP contribution in [-0.4, -0.2) is 45.9 Å². The van der Waals surface area contributed by atoms with Crippen LogP contribution >= 0.6 is 0 Å². The van der Waals surface area contributed by atoms with E-state index in [1.807, 2.05) is 13.8 Å². The highest BCUT2D eigenvalue weighted by molar-refractivity contribution is 6.46. The van der Waals surface area contributed by atoms with Crippen LogP contribution in [0.25, 0.3) is 5.76 Å². The van der Waals surface area contributed by atoms with Gasteiger partial charge in [-0.15, -0.1) is 0 Å². The molecule has 2 heterocycles. The van der Waals surface area contributed by atoms with Gasteiger partial charge in [0.25, 0.3) is 11.7 Å². The average molecular weight is 515 g/mol. The lowest BCUT2D eigenvalue weighted by Crippen LogP contribution is -2.29. The molecular weight excluding hydrogens is 484 g/mol. The third-order valence-corrected chi connectivity index (χ3v) is 6.10. The molecule has 3 aromatic rings. The number of aliphatic hydroxyl groups is 1. The van der Waals surface area contributed by atoms with Gasteiger partial charge in [-0.05, 0) is 54.3 Å². The fourth-order valence-corrected chi connectivity index (χ4v) is 4.26. The molecule has 1 saturated heterocycles. The number of ketones is 1. The monoisotopic (exact) mass is 514 g/mol. The van der Waals surface area contributed by atoms with E-state index in [4.69, 9.17) is 9.47 Å². The van der Waals surface area contributed by atoms with Crippen LogP contribution in [0, 0.1) is 0 Å². The van der Waals surface area contributed by atoms with Gasteiger partial charge < -0.3 is 19.5 Å². The van der Waals surface area contributed by atoms with E-state index in [0.29, 0.717) is 41.2 Å². The van der Waals surface area contributed by atoms with Crippen molar-refractivity contribution in [3.8, 4) is 5.75 Å². The summed E-state index contributed by atoms with van der Waals surface area (Å²) in [6.07, 6.45) is 4.72. The minimum absolute atomic E-state index is 0.0181. The summed E-state index contributed by atoms with van der Waals surface area (Å²) in [5, 5.41) is 11.3. The van der Waals surface area contributed by atoms with Crippen LogP contribution in [0.15, 0.2) is 78.6 Å². The quantitative estimate of drug-likeness (QED) is 0.174. The maximum absolute atomic E-state index is 13.3. The largest absolute Gasteiger partial charge is 0.507 e. The molecule has 0 radical (unpaired) electrons. The number of aromatic nitrogens is 1. The standard InChI is InChI=1S/C30H30N2O6/c1-3-15-37-24-9-5-7-22(17-24)27(33)25-26(23-8-6-14-31-18-23)32(29(35)28(25)34)19-20-10-12-21(13-11-20)30(36)38-16-4-2/h5-14,17-18,26,33H,3-4,15-16,19H2,1-2H3/b27-25+. The van der Waals surface area contributed by atoms with Gasteiger partial charge in [-0.1, -0.05) is 44.2 Å². The van der Waals surface area contributed by atoms with Crippen molar-refractivity contribution in [2.45, 2.75) is 39.3 Å². The van der Waals surface area contributed by atoms with Gasteiger partial charge in [0.2, 0.25) is 0 Å². The molecule has 2 aromatic carbocycles. The van der Waals surface area contributed by atoms with Crippen LogP contribution in [0.1, 0.15) is 59.8 Å². The Bertz CT molecular complexity index is 1330. The first-order valence-electron chi connectivity index (χ1n) is 12.6. The van der Waals surface area contributed by atoms with Gasteiger partial charge in [-0.2, -0.15) is 0 Å². The summed E-state index contributed by atoms with van der Waals surface area (Å²) in [7, 11) is 0. The molecule has 1 aromatic heterocycles. The van der Waals surface area contributed by atoms with Crippen molar-refractivity contribution < 1.29 is 29.0 Å². The molecule has 196 valence electrons. The number of aliphatic hydroxyl groups excluding tert-OH is 1. The molecule has 1 aliphatic heterocycles. The molecule has 0 aliphatic carbocycles. The molecule has 4 rings (SSSR count). The highest BCUT2D eigenvalue weighted by Gasteiger charge is 2.46. The Morgan fingerprint density at radius 3 is 2.42 bits per heavy atom. The Morgan fingerprint density at radius 1 is 0.974 bits per heavy atom. The Labute approximate surface area is 221 Å². The van der Waals surface area contributed by atoms with Gasteiger partial charge in [-0.3, -0.25) is 14.6 Å². The van der Waals surface area contributed by atoms with E-state index < -0.39 is 23.7 Å². The second-order valence-corrected chi connectivity index (χ2v) is 8.92. The predicted molar refractivity (Wildman–Crippen MR) is 141 cm³/mol. The molecule has 0 bridgehead atoms. The molecule has 1 fully saturated rings. The minimum Gasteiger partial charge on any atom is -0.507 e. The molecule has 1 aliphatic rings. The van der Waals surface area contributed by atoms with Crippen LogP contribution in [0.5, 0.6) is 5.75 Å². The van der Waals surface area contributed by atoms with Crippen molar-refractivity contribution in [2.75, 3.05) is 13.2 Å². The van der Waals surface area contributed by atoms with Crippen molar-refractivity contribution in [1.82, 2.24) is 9.88 Å². The normalized spacial score (nSPS) is 16.5. The molecule has 1 N–H and O–H groups in total. The number of hydrogen-bond acceptors (Lipinski definition) is 7. The number of carbonyl (C=O) groups is 3. The van der Waals surface area contributed by atoms with Crippen molar-refractivity contribution >= 4 is 23.4 Å². The third kappa shape index (κ3) is 5.75. The third-order valence-electron chi connectivity index (χ3n) is 6.10. The van der Waals surface area contributed by atoms with E-state index in [1.165, 1.54) is 4.90 Å². The Morgan fingerprint density at radius 2 is 1.74 bits per heavy atom. The number of amides is 1. The maximum atomic E-state index is 13.3. The van der Waals surface area contributed by atoms with Gasteiger partial charge in [0, 0.05) is 24.5 Å². The van der Waals surface area contributed by atoms with Gasteiger partial charge in [0.05, 0.1) is 30.4 Å². The van der Waals surface area contributed by atoms with E-state index in [1.54, 1.807) is 73.1 Å². The Balaban J connectivity index is 1.70. The number of benzene rings is 2. The highest BCUT2D eigenvalue weighted by atomic mass is 16.5. The predicted octanol–water partition coefficient (Wildman–Crippen LogP) is 5.06. The van der Waals surface area contributed by atoms with Crippen LogP contribution in [-0.2, 0) is 20.9 Å². The lowest BCUT2D eigenvalue weighted by Gasteiger charge is -2.25. The number of ether oxygens (including phenoxy) is 2. The van der Waals surface area contributed by atoms with Crippen molar-refractivity contribution in [3.63, 3.8) is 0 Å². The number of nitrogens with zero attached hydrogens (tertiary/aromatic N) is 2. The molecule has 1 atom stereocenters. The lowest BCUT2D eigenvalue weighted by molar-refractivity contribution is -0.140. The maximum Gasteiger partial charge on any atom is 0.338 e. The van der Waals surface area contributed by atoms with Crippen LogP contribution < -0.4 is 4.74 Å². The highest BCUT2D eigenvalue weighted by Crippen LogP contribution is 2.40. The molecule has 1 unspecified atom stereocenters. The first kappa shape index (κ1) is 26.6. The van der Waals surface area contributed by atoms with Gasteiger partial charge >= 0.3 is 5.97 Å². The van der Waals surface area contributed by atoms with E-state index in [0.717, 1.165) is 12.8 Å². The molecule has 0 spiro atoms. The fraction of sp³-hybridized carbons (Fsp3) is 0.267. The first-order chi connectivity index (χ1) is 18.4. The SMILES string of the molecule is CCCOC(=O)c1ccc(CN2C(=O)C(=O)/C(=C(/O)c3cccc(OCCC)c3)C2c2cccnc2)cc1. The van der Waals surface area contributed by atoms with Crippen molar-refractivity contribution in [2.24, 2.45) is 0 Å². The summed E-state index contributed by atoms with van der Waals surface area (Å²) in [4.78, 5) is 44.3. The number of rotatable bonds is 10. The zero-order valence-electron chi connectivity index (χ0n) is 21.4. The van der Waals surface area contributed by atoms with Crippen molar-refractivity contribution in [1.29, 1.82) is 0 Å². The smallest absolute Gasteiger partial charge is 0.338 e. The first-order valence-corrected chi connectivity index (χ1v) is 12.6.